The van der Waals surface area contributed by atoms with Gasteiger partial charge < -0.3 is 10.6 Å². The van der Waals surface area contributed by atoms with Gasteiger partial charge in [-0.1, -0.05) is 20.8 Å². The molecule has 0 aliphatic carbocycles. The second-order valence-electron chi connectivity index (χ2n) is 5.30. The number of ketones is 1. The second kappa shape index (κ2) is 6.13. The maximum atomic E-state index is 12.0. The minimum Gasteiger partial charge on any atom is -0.396 e. The van der Waals surface area contributed by atoms with Gasteiger partial charge in [0, 0.05) is 26.3 Å². The Kier molecular flexibility index (Phi) is 5.21. The molecule has 0 bridgehead atoms. The summed E-state index contributed by atoms with van der Waals surface area (Å²) in [6.45, 7) is 6.53. The largest absolute Gasteiger partial charge is 0.396 e. The molecule has 0 saturated carbocycles. The molecule has 1 aromatic rings. The van der Waals surface area contributed by atoms with Crippen LogP contribution < -0.4 is 10.6 Å². The first kappa shape index (κ1) is 17.0. The predicted octanol–water partition coefficient (Wildman–Crippen LogP) is 2.42. The van der Waals surface area contributed by atoms with E-state index in [2.05, 4.69) is 0 Å². The van der Waals surface area contributed by atoms with Crippen LogP contribution in [0.1, 0.15) is 36.9 Å². The molecule has 0 unspecified atom stereocenters. The summed E-state index contributed by atoms with van der Waals surface area (Å²) in [6.07, 6.45) is 1.43. The fraction of sp³-hybridized carbons (Fsp3) is 0.615. The molecule has 0 aliphatic heterocycles. The molecule has 5 nitrogen and oxygen atoms in total. The maximum Gasteiger partial charge on any atom is 0.180 e. The van der Waals surface area contributed by atoms with Crippen LogP contribution in [0.3, 0.4) is 0 Å². The molecule has 114 valence electrons. The normalized spacial score (nSPS) is 11.9. The molecular weight excluding hydrogens is 296 g/mol. The Labute approximate surface area is 124 Å². The Morgan fingerprint density at radius 1 is 1.40 bits per heavy atom. The Hall–Kier alpha value is -1.08. The molecule has 1 rings (SSSR count). The molecule has 7 heteroatoms. The van der Waals surface area contributed by atoms with E-state index in [9.17, 15) is 13.2 Å². The number of carbonyl (C=O) groups is 1. The molecule has 0 atom stereocenters. The molecule has 0 radical (unpaired) electrons. The highest BCUT2D eigenvalue weighted by Crippen LogP contribution is 2.41. The monoisotopic (exact) mass is 318 g/mol. The zero-order valence-electron chi connectivity index (χ0n) is 12.6. The van der Waals surface area contributed by atoms with Crippen LogP contribution in [0.5, 0.6) is 0 Å². The Balaban J connectivity index is 3.46. The van der Waals surface area contributed by atoms with E-state index in [4.69, 9.17) is 5.73 Å². The minimum absolute atomic E-state index is 0.0856. The van der Waals surface area contributed by atoms with E-state index in [1.807, 2.05) is 25.8 Å². The molecule has 0 saturated heterocycles. The van der Waals surface area contributed by atoms with Crippen molar-refractivity contribution in [3.05, 3.63) is 4.88 Å². The van der Waals surface area contributed by atoms with E-state index in [0.29, 0.717) is 28.8 Å². The van der Waals surface area contributed by atoms with Crippen molar-refractivity contribution in [3.8, 4) is 0 Å². The van der Waals surface area contributed by atoms with Gasteiger partial charge in [0.15, 0.2) is 15.6 Å². The van der Waals surface area contributed by atoms with Crippen LogP contribution in [0, 0.1) is 5.92 Å². The van der Waals surface area contributed by atoms with Crippen LogP contribution in [0.4, 0.5) is 10.7 Å². The first-order chi connectivity index (χ1) is 9.09. The van der Waals surface area contributed by atoms with Gasteiger partial charge >= 0.3 is 0 Å². The predicted molar refractivity (Wildman–Crippen MR) is 84.6 cm³/mol. The highest BCUT2D eigenvalue weighted by Gasteiger charge is 2.28. The van der Waals surface area contributed by atoms with Gasteiger partial charge in [-0.3, -0.25) is 4.79 Å². The van der Waals surface area contributed by atoms with Gasteiger partial charge in [-0.2, -0.15) is 0 Å². The highest BCUT2D eigenvalue weighted by molar-refractivity contribution is 7.91. The van der Waals surface area contributed by atoms with Crippen LogP contribution in [0.2, 0.25) is 0 Å². The number of rotatable bonds is 6. The molecular formula is C13H22N2O3S2. The number of hydrogen-bond donors (Lipinski definition) is 1. The molecule has 1 heterocycles. The Morgan fingerprint density at radius 3 is 2.35 bits per heavy atom. The van der Waals surface area contributed by atoms with Gasteiger partial charge in [0.25, 0.3) is 0 Å². The molecule has 0 amide bonds. The number of hydrogen-bond acceptors (Lipinski definition) is 6. The fourth-order valence-corrected chi connectivity index (χ4v) is 4.74. The Bertz CT molecular complexity index is 603. The first-order valence-electron chi connectivity index (χ1n) is 6.46. The third-order valence-corrected chi connectivity index (χ3v) is 5.46. The van der Waals surface area contributed by atoms with Crippen molar-refractivity contribution in [1.82, 2.24) is 0 Å². The highest BCUT2D eigenvalue weighted by atomic mass is 32.2. The number of sulfone groups is 1. The van der Waals surface area contributed by atoms with Crippen molar-refractivity contribution in [2.24, 2.45) is 5.92 Å². The lowest BCUT2D eigenvalue weighted by Gasteiger charge is -2.20. The number of nitrogens with zero attached hydrogens (tertiary/aromatic N) is 1. The fourth-order valence-electron chi connectivity index (χ4n) is 2.02. The van der Waals surface area contributed by atoms with Gasteiger partial charge in [-0.15, -0.1) is 11.3 Å². The first-order valence-corrected chi connectivity index (χ1v) is 9.17. The number of nitrogen functional groups attached to an aromatic ring is 1. The summed E-state index contributed by atoms with van der Waals surface area (Å²) in [5.74, 6) is 0.252. The number of anilines is 2. The molecule has 20 heavy (non-hydrogen) atoms. The van der Waals surface area contributed by atoms with Gasteiger partial charge in [0.2, 0.25) is 0 Å². The lowest BCUT2D eigenvalue weighted by molar-refractivity contribution is 0.0992. The van der Waals surface area contributed by atoms with Crippen LogP contribution in [0.25, 0.3) is 0 Å². The number of carbonyl (C=O) groups excluding carboxylic acids is 1. The van der Waals surface area contributed by atoms with E-state index in [1.54, 1.807) is 6.92 Å². The third kappa shape index (κ3) is 3.52. The van der Waals surface area contributed by atoms with E-state index in [0.717, 1.165) is 6.26 Å². The van der Waals surface area contributed by atoms with Crippen LogP contribution in [-0.2, 0) is 9.84 Å². The molecule has 2 N–H and O–H groups in total. The van der Waals surface area contributed by atoms with Crippen molar-refractivity contribution in [2.75, 3.05) is 30.5 Å². The average Bonchev–Trinajstić information content (AvgIpc) is 2.64. The van der Waals surface area contributed by atoms with E-state index in [1.165, 1.54) is 11.3 Å². The number of thiophene rings is 1. The summed E-state index contributed by atoms with van der Waals surface area (Å²) in [5.41, 5.74) is 6.01. The maximum absolute atomic E-state index is 12.0. The summed E-state index contributed by atoms with van der Waals surface area (Å²) < 4.78 is 24.0. The van der Waals surface area contributed by atoms with E-state index >= 15 is 0 Å². The van der Waals surface area contributed by atoms with Crippen LogP contribution in [-0.4, -0.2) is 34.0 Å². The van der Waals surface area contributed by atoms with Crippen molar-refractivity contribution in [1.29, 1.82) is 0 Å². The van der Waals surface area contributed by atoms with Crippen molar-refractivity contribution in [3.63, 3.8) is 0 Å². The molecule has 0 spiro atoms. The quantitative estimate of drug-likeness (QED) is 0.815. The van der Waals surface area contributed by atoms with Crippen LogP contribution in [0.15, 0.2) is 4.90 Å². The molecule has 0 aliphatic rings. The number of Topliss-reactive ketones (excluding diaryl/α,β-unsaturated/α-hetero) is 1. The Morgan fingerprint density at radius 2 is 1.95 bits per heavy atom. The average molecular weight is 318 g/mol. The molecule has 1 aromatic heterocycles. The smallest absolute Gasteiger partial charge is 0.180 e. The minimum atomic E-state index is -3.47. The summed E-state index contributed by atoms with van der Waals surface area (Å²) in [7, 11) is -1.65. The SMILES string of the molecule is CCC(=O)c1sc(N(C)CC(C)C)c(S(C)(=O)=O)c1N. The van der Waals surface area contributed by atoms with E-state index in [-0.39, 0.29) is 16.4 Å². The van der Waals surface area contributed by atoms with Gasteiger partial charge in [-0.05, 0) is 5.92 Å². The van der Waals surface area contributed by atoms with Crippen molar-refractivity contribution < 1.29 is 13.2 Å². The third-order valence-electron chi connectivity index (χ3n) is 2.81. The zero-order chi connectivity index (χ0) is 15.7. The molecule has 0 fully saturated rings. The van der Waals surface area contributed by atoms with Gasteiger partial charge in [-0.25, -0.2) is 8.42 Å². The van der Waals surface area contributed by atoms with Crippen molar-refractivity contribution >= 4 is 37.6 Å². The second-order valence-corrected chi connectivity index (χ2v) is 8.25. The standard InChI is InChI=1S/C13H22N2O3S2/c1-6-9(16)11-10(14)12(20(5,17)18)13(19-11)15(4)7-8(2)3/h8H,6-7,14H2,1-5H3. The number of nitrogens with two attached hydrogens (primary N) is 1. The lowest BCUT2D eigenvalue weighted by atomic mass is 10.2. The summed E-state index contributed by atoms with van der Waals surface area (Å²) >= 11 is 1.17. The molecule has 0 aromatic carbocycles. The summed E-state index contributed by atoms with van der Waals surface area (Å²) in [4.78, 5) is 14.2. The zero-order valence-corrected chi connectivity index (χ0v) is 14.2. The topological polar surface area (TPSA) is 80.5 Å². The van der Waals surface area contributed by atoms with Crippen molar-refractivity contribution in [2.45, 2.75) is 32.1 Å². The lowest BCUT2D eigenvalue weighted by Crippen LogP contribution is -2.23. The van der Waals surface area contributed by atoms with Crippen LogP contribution >= 0.6 is 11.3 Å². The summed E-state index contributed by atoms with van der Waals surface area (Å²) in [5, 5.41) is 0.551. The van der Waals surface area contributed by atoms with Gasteiger partial charge in [0.1, 0.15) is 9.90 Å². The summed E-state index contributed by atoms with van der Waals surface area (Å²) in [6, 6.07) is 0. The van der Waals surface area contributed by atoms with E-state index < -0.39 is 9.84 Å². The van der Waals surface area contributed by atoms with Gasteiger partial charge in [0.05, 0.1) is 10.6 Å².